The fourth-order valence-corrected chi connectivity index (χ4v) is 2.20. The van der Waals surface area contributed by atoms with E-state index < -0.39 is 0 Å². The van der Waals surface area contributed by atoms with E-state index in [9.17, 15) is 4.79 Å². The molecule has 2 aromatic rings. The third kappa shape index (κ3) is 3.31. The Balaban J connectivity index is 2.62. The van der Waals surface area contributed by atoms with Gasteiger partial charge < -0.3 is 10.1 Å². The van der Waals surface area contributed by atoms with Crippen molar-refractivity contribution in [2.45, 2.75) is 26.8 Å². The first-order chi connectivity index (χ1) is 10.0. The minimum atomic E-state index is -0.141. The van der Waals surface area contributed by atoms with Crippen LogP contribution in [0.5, 0.6) is 5.75 Å². The fourth-order valence-electron chi connectivity index (χ4n) is 2.20. The Morgan fingerprint density at radius 3 is 2.71 bits per heavy atom. The standard InChI is InChI=1S/C16H21N3O2/c1-10(2)18-16(20)14-12-7-5-6-8-13(12)19-11(3)15(14)21-9-17-4/h5-8,10,17H,9H2,1-4H3,(H,18,20). The molecule has 0 aliphatic carbocycles. The number of amides is 1. The summed E-state index contributed by atoms with van der Waals surface area (Å²) < 4.78 is 5.69. The van der Waals surface area contributed by atoms with Crippen LogP contribution in [-0.4, -0.2) is 30.7 Å². The van der Waals surface area contributed by atoms with Gasteiger partial charge >= 0.3 is 0 Å². The molecule has 0 aliphatic rings. The molecule has 21 heavy (non-hydrogen) atoms. The van der Waals surface area contributed by atoms with Crippen LogP contribution in [-0.2, 0) is 0 Å². The minimum absolute atomic E-state index is 0.0573. The zero-order valence-corrected chi connectivity index (χ0v) is 12.9. The molecule has 1 aromatic carbocycles. The van der Waals surface area contributed by atoms with Gasteiger partial charge in [-0.25, -0.2) is 4.98 Å². The number of nitrogens with zero attached hydrogens (tertiary/aromatic N) is 1. The number of ether oxygens (including phenoxy) is 1. The molecule has 0 aliphatic heterocycles. The van der Waals surface area contributed by atoms with Crippen molar-refractivity contribution in [3.63, 3.8) is 0 Å². The highest BCUT2D eigenvalue weighted by molar-refractivity contribution is 6.08. The van der Waals surface area contributed by atoms with Crippen LogP contribution >= 0.6 is 0 Å². The third-order valence-electron chi connectivity index (χ3n) is 3.02. The monoisotopic (exact) mass is 287 g/mol. The molecule has 5 heteroatoms. The number of rotatable bonds is 5. The zero-order valence-electron chi connectivity index (χ0n) is 12.9. The summed E-state index contributed by atoms with van der Waals surface area (Å²) in [6, 6.07) is 7.65. The van der Waals surface area contributed by atoms with E-state index in [4.69, 9.17) is 4.74 Å². The van der Waals surface area contributed by atoms with Crippen LogP contribution in [0.1, 0.15) is 29.9 Å². The molecule has 0 fully saturated rings. The maximum absolute atomic E-state index is 12.6. The summed E-state index contributed by atoms with van der Waals surface area (Å²) in [6.07, 6.45) is 0. The Bertz CT molecular complexity index is 653. The lowest BCUT2D eigenvalue weighted by atomic mass is 10.1. The molecule has 2 rings (SSSR count). The van der Waals surface area contributed by atoms with Crippen molar-refractivity contribution < 1.29 is 9.53 Å². The summed E-state index contributed by atoms with van der Waals surface area (Å²) in [5, 5.41) is 6.64. The largest absolute Gasteiger partial charge is 0.476 e. The van der Waals surface area contributed by atoms with Crippen molar-refractivity contribution in [2.75, 3.05) is 13.8 Å². The summed E-state index contributed by atoms with van der Waals surface area (Å²) in [4.78, 5) is 17.1. The predicted molar refractivity (Wildman–Crippen MR) is 83.6 cm³/mol. The van der Waals surface area contributed by atoms with Crippen LogP contribution in [0.15, 0.2) is 24.3 Å². The predicted octanol–water partition coefficient (Wildman–Crippen LogP) is 2.24. The molecule has 1 aromatic heterocycles. The van der Waals surface area contributed by atoms with E-state index in [0.29, 0.717) is 23.7 Å². The quantitative estimate of drug-likeness (QED) is 0.828. The maximum Gasteiger partial charge on any atom is 0.256 e. The SMILES string of the molecule is CNCOc1c(C)nc2ccccc2c1C(=O)NC(C)C. The Hall–Kier alpha value is -2.14. The second-order valence-electron chi connectivity index (χ2n) is 5.19. The van der Waals surface area contributed by atoms with Gasteiger partial charge in [-0.05, 0) is 33.9 Å². The number of hydrogen-bond acceptors (Lipinski definition) is 4. The van der Waals surface area contributed by atoms with E-state index in [1.165, 1.54) is 0 Å². The highest BCUT2D eigenvalue weighted by Gasteiger charge is 2.20. The minimum Gasteiger partial charge on any atom is -0.476 e. The highest BCUT2D eigenvalue weighted by atomic mass is 16.5. The lowest BCUT2D eigenvalue weighted by Gasteiger charge is -2.17. The summed E-state index contributed by atoms with van der Waals surface area (Å²) in [5.41, 5.74) is 2.04. The van der Waals surface area contributed by atoms with Crippen molar-refractivity contribution in [1.29, 1.82) is 0 Å². The van der Waals surface area contributed by atoms with Crippen LogP contribution in [0, 0.1) is 6.92 Å². The fraction of sp³-hybridized carbons (Fsp3) is 0.375. The molecule has 0 bridgehead atoms. The van der Waals surface area contributed by atoms with Gasteiger partial charge in [-0.2, -0.15) is 0 Å². The first-order valence-electron chi connectivity index (χ1n) is 7.02. The number of pyridine rings is 1. The third-order valence-corrected chi connectivity index (χ3v) is 3.02. The molecule has 0 unspecified atom stereocenters. The van der Waals surface area contributed by atoms with Crippen LogP contribution in [0.4, 0.5) is 0 Å². The molecule has 1 heterocycles. The lowest BCUT2D eigenvalue weighted by molar-refractivity contribution is 0.0940. The van der Waals surface area contributed by atoms with Gasteiger partial charge in [0.05, 0.1) is 16.8 Å². The molecular formula is C16H21N3O2. The van der Waals surface area contributed by atoms with Crippen molar-refractivity contribution in [2.24, 2.45) is 0 Å². The molecule has 2 N–H and O–H groups in total. The van der Waals surface area contributed by atoms with E-state index in [2.05, 4.69) is 15.6 Å². The van der Waals surface area contributed by atoms with Gasteiger partial charge in [-0.1, -0.05) is 18.2 Å². The maximum atomic E-state index is 12.6. The molecule has 5 nitrogen and oxygen atoms in total. The van der Waals surface area contributed by atoms with Gasteiger partial charge in [0.2, 0.25) is 0 Å². The van der Waals surface area contributed by atoms with E-state index in [1.807, 2.05) is 45.0 Å². The summed E-state index contributed by atoms with van der Waals surface area (Å²) >= 11 is 0. The molecule has 0 saturated heterocycles. The van der Waals surface area contributed by atoms with Crippen LogP contribution in [0.25, 0.3) is 10.9 Å². The van der Waals surface area contributed by atoms with Crippen LogP contribution < -0.4 is 15.4 Å². The first kappa shape index (κ1) is 15.3. The topological polar surface area (TPSA) is 63.2 Å². The zero-order chi connectivity index (χ0) is 15.4. The van der Waals surface area contributed by atoms with E-state index in [-0.39, 0.29) is 11.9 Å². The summed E-state index contributed by atoms with van der Waals surface area (Å²) in [5.74, 6) is 0.388. The van der Waals surface area contributed by atoms with Gasteiger partial charge in [-0.3, -0.25) is 10.1 Å². The number of nitrogens with one attached hydrogen (secondary N) is 2. The van der Waals surface area contributed by atoms with Crippen LogP contribution in [0.3, 0.4) is 0 Å². The summed E-state index contributed by atoms with van der Waals surface area (Å²) in [7, 11) is 1.79. The van der Waals surface area contributed by atoms with E-state index in [1.54, 1.807) is 7.05 Å². The van der Waals surface area contributed by atoms with Crippen molar-refractivity contribution >= 4 is 16.8 Å². The number of aryl methyl sites for hydroxylation is 1. The van der Waals surface area contributed by atoms with Crippen molar-refractivity contribution in [3.05, 3.63) is 35.5 Å². The van der Waals surface area contributed by atoms with E-state index in [0.717, 1.165) is 10.9 Å². The number of benzene rings is 1. The average Bonchev–Trinajstić information content (AvgIpc) is 2.43. The lowest BCUT2D eigenvalue weighted by Crippen LogP contribution is -2.31. The number of fused-ring (bicyclic) bond motifs is 1. The van der Waals surface area contributed by atoms with E-state index >= 15 is 0 Å². The van der Waals surface area contributed by atoms with Crippen molar-refractivity contribution in [1.82, 2.24) is 15.6 Å². The molecule has 0 radical (unpaired) electrons. The van der Waals surface area contributed by atoms with Gasteiger partial charge in [0, 0.05) is 11.4 Å². The Morgan fingerprint density at radius 2 is 2.05 bits per heavy atom. The Labute approximate surface area is 124 Å². The Kier molecular flexibility index (Phi) is 4.75. The first-order valence-corrected chi connectivity index (χ1v) is 7.02. The number of aromatic nitrogens is 1. The summed E-state index contributed by atoms with van der Waals surface area (Å²) in [6.45, 7) is 6.04. The normalized spacial score (nSPS) is 10.9. The van der Waals surface area contributed by atoms with Gasteiger partial charge in [0.1, 0.15) is 6.73 Å². The second kappa shape index (κ2) is 6.54. The highest BCUT2D eigenvalue weighted by Crippen LogP contribution is 2.29. The molecule has 0 spiro atoms. The number of carbonyl (C=O) groups is 1. The van der Waals surface area contributed by atoms with Gasteiger partial charge in [-0.15, -0.1) is 0 Å². The Morgan fingerprint density at radius 1 is 1.33 bits per heavy atom. The van der Waals surface area contributed by atoms with Gasteiger partial charge in [0.25, 0.3) is 5.91 Å². The number of hydrogen-bond donors (Lipinski definition) is 2. The molecule has 112 valence electrons. The molecule has 0 atom stereocenters. The van der Waals surface area contributed by atoms with Crippen molar-refractivity contribution in [3.8, 4) is 5.75 Å². The molecule has 1 amide bonds. The number of para-hydroxylation sites is 1. The average molecular weight is 287 g/mol. The molecular weight excluding hydrogens is 266 g/mol. The van der Waals surface area contributed by atoms with Gasteiger partial charge in [0.15, 0.2) is 5.75 Å². The second-order valence-corrected chi connectivity index (χ2v) is 5.19. The van der Waals surface area contributed by atoms with Crippen LogP contribution in [0.2, 0.25) is 0 Å². The smallest absolute Gasteiger partial charge is 0.256 e. The molecule has 0 saturated carbocycles. The number of carbonyl (C=O) groups excluding carboxylic acids is 1.